The van der Waals surface area contributed by atoms with Crippen molar-refractivity contribution in [2.75, 3.05) is 6.61 Å². The van der Waals surface area contributed by atoms with Crippen molar-refractivity contribution in [3.63, 3.8) is 0 Å². The van der Waals surface area contributed by atoms with E-state index in [9.17, 15) is 4.79 Å². The van der Waals surface area contributed by atoms with Gasteiger partial charge < -0.3 is 5.41 Å². The van der Waals surface area contributed by atoms with E-state index in [-0.39, 0.29) is 6.61 Å². The van der Waals surface area contributed by atoms with Crippen LogP contribution in [0.15, 0.2) is 0 Å². The molecule has 1 amide bonds. The molecule has 0 aromatic heterocycles. The van der Waals surface area contributed by atoms with Crippen molar-refractivity contribution in [1.29, 1.82) is 5.41 Å². The summed E-state index contributed by atoms with van der Waals surface area (Å²) < 4.78 is 0. The quantitative estimate of drug-likeness (QED) is 0.214. The smallest absolute Gasteiger partial charge is 0.230 e. The molecule has 7 heavy (non-hydrogen) atoms. The average molecular weight is 102 g/mol. The van der Waals surface area contributed by atoms with Crippen molar-refractivity contribution >= 4 is 12.6 Å². The first-order valence-electron chi connectivity index (χ1n) is 1.71. The molecule has 0 aliphatic carbocycles. The molecule has 0 spiro atoms. The first kappa shape index (κ1) is 6.10. The highest BCUT2D eigenvalue weighted by atomic mass is 16.6. The van der Waals surface area contributed by atoms with Crippen molar-refractivity contribution in [2.45, 2.75) is 0 Å². The highest BCUT2D eigenvalue weighted by Gasteiger charge is 1.72. The largest absolute Gasteiger partial charge is 0.311 e. The van der Waals surface area contributed by atoms with Gasteiger partial charge in [0.15, 0.2) is 0 Å². The summed E-state index contributed by atoms with van der Waals surface area (Å²) in [5.74, 6) is 0. The van der Waals surface area contributed by atoms with Gasteiger partial charge in [0, 0.05) is 6.21 Å². The number of hydroxylamine groups is 1. The van der Waals surface area contributed by atoms with Crippen LogP contribution in [0.1, 0.15) is 0 Å². The van der Waals surface area contributed by atoms with E-state index in [2.05, 4.69) is 4.84 Å². The van der Waals surface area contributed by atoms with Crippen LogP contribution in [-0.4, -0.2) is 19.2 Å². The lowest BCUT2D eigenvalue weighted by Crippen LogP contribution is -2.12. The third kappa shape index (κ3) is 5.10. The highest BCUT2D eigenvalue weighted by Crippen LogP contribution is 1.53. The molecule has 0 rings (SSSR count). The van der Waals surface area contributed by atoms with E-state index < -0.39 is 0 Å². The Morgan fingerprint density at radius 3 is 3.00 bits per heavy atom. The Morgan fingerprint density at radius 1 is 1.86 bits per heavy atom. The van der Waals surface area contributed by atoms with Gasteiger partial charge in [-0.15, -0.1) is 0 Å². The van der Waals surface area contributed by atoms with Gasteiger partial charge >= 0.3 is 0 Å². The van der Waals surface area contributed by atoms with Gasteiger partial charge in [0.05, 0.1) is 0 Å². The summed E-state index contributed by atoms with van der Waals surface area (Å²) in [5.41, 5.74) is 1.92. The molecular weight excluding hydrogens is 96.0 g/mol. The Kier molecular flexibility index (Phi) is 4.44. The van der Waals surface area contributed by atoms with Gasteiger partial charge in [0.1, 0.15) is 6.61 Å². The van der Waals surface area contributed by atoms with Crippen LogP contribution in [0.25, 0.3) is 0 Å². The molecule has 2 N–H and O–H groups in total. The van der Waals surface area contributed by atoms with Crippen molar-refractivity contribution in [2.24, 2.45) is 0 Å². The minimum absolute atomic E-state index is 0.124. The second kappa shape index (κ2) is 5.10. The summed E-state index contributed by atoms with van der Waals surface area (Å²) in [6, 6.07) is 0. The SMILES string of the molecule is N=CCONC=O. The van der Waals surface area contributed by atoms with Crippen molar-refractivity contribution in [3.8, 4) is 0 Å². The van der Waals surface area contributed by atoms with Crippen LogP contribution >= 0.6 is 0 Å². The predicted molar refractivity (Wildman–Crippen MR) is 23.9 cm³/mol. The summed E-state index contributed by atoms with van der Waals surface area (Å²) in [6.45, 7) is 0.124. The molecule has 0 aromatic rings. The van der Waals surface area contributed by atoms with E-state index in [4.69, 9.17) is 5.41 Å². The number of rotatable bonds is 4. The number of hydrogen-bond acceptors (Lipinski definition) is 3. The molecule has 4 nitrogen and oxygen atoms in total. The third-order valence-electron chi connectivity index (χ3n) is 0.298. The minimum atomic E-state index is 0.124. The molecule has 0 aliphatic rings. The topological polar surface area (TPSA) is 62.2 Å². The normalized spacial score (nSPS) is 7.43. The molecule has 0 saturated heterocycles. The van der Waals surface area contributed by atoms with Crippen molar-refractivity contribution < 1.29 is 9.63 Å². The average Bonchev–Trinajstić information content (AvgIpc) is 1.69. The summed E-state index contributed by atoms with van der Waals surface area (Å²) in [6.07, 6.45) is 1.44. The first-order valence-corrected chi connectivity index (χ1v) is 1.71. The summed E-state index contributed by atoms with van der Waals surface area (Å²) in [7, 11) is 0. The molecule has 0 atom stereocenters. The molecule has 4 heteroatoms. The Labute approximate surface area is 40.9 Å². The van der Waals surface area contributed by atoms with Crippen LogP contribution in [0.5, 0.6) is 0 Å². The maximum atomic E-state index is 9.37. The predicted octanol–water partition coefficient (Wildman–Crippen LogP) is -0.686. The minimum Gasteiger partial charge on any atom is -0.311 e. The van der Waals surface area contributed by atoms with Crippen LogP contribution in [-0.2, 0) is 9.63 Å². The zero-order chi connectivity index (χ0) is 5.54. The van der Waals surface area contributed by atoms with Crippen LogP contribution < -0.4 is 5.48 Å². The van der Waals surface area contributed by atoms with Gasteiger partial charge in [-0.05, 0) is 0 Å². The van der Waals surface area contributed by atoms with Gasteiger partial charge in [-0.3, -0.25) is 9.63 Å². The molecule has 0 fully saturated rings. The molecule has 0 bridgehead atoms. The maximum absolute atomic E-state index is 9.37. The van der Waals surface area contributed by atoms with Crippen LogP contribution in [0.4, 0.5) is 0 Å². The summed E-state index contributed by atoms with van der Waals surface area (Å²) in [4.78, 5) is 13.6. The standard InChI is InChI=1S/C3H6N2O2/c4-1-2-7-5-3-6/h1,3-4H,2H2,(H,5,6). The monoisotopic (exact) mass is 102 g/mol. The molecular formula is C3H6N2O2. The number of hydrogen-bond donors (Lipinski definition) is 2. The third-order valence-corrected chi connectivity index (χ3v) is 0.298. The van der Waals surface area contributed by atoms with E-state index in [0.29, 0.717) is 6.41 Å². The van der Waals surface area contributed by atoms with Crippen molar-refractivity contribution in [3.05, 3.63) is 0 Å². The van der Waals surface area contributed by atoms with E-state index in [0.717, 1.165) is 6.21 Å². The van der Waals surface area contributed by atoms with Crippen LogP contribution in [0.2, 0.25) is 0 Å². The lowest BCUT2D eigenvalue weighted by molar-refractivity contribution is -0.119. The second-order valence-electron chi connectivity index (χ2n) is 0.751. The Bertz CT molecular complexity index is 56.0. The van der Waals surface area contributed by atoms with Gasteiger partial charge in [0.25, 0.3) is 0 Å². The fourth-order valence-electron chi connectivity index (χ4n) is 0.124. The van der Waals surface area contributed by atoms with Crippen molar-refractivity contribution in [1.82, 2.24) is 5.48 Å². The molecule has 40 valence electrons. The Balaban J connectivity index is 2.68. The Hall–Kier alpha value is -0.900. The second-order valence-corrected chi connectivity index (χ2v) is 0.751. The number of carbonyl (C=O) groups is 1. The molecule has 0 radical (unpaired) electrons. The van der Waals surface area contributed by atoms with E-state index >= 15 is 0 Å². The zero-order valence-electron chi connectivity index (χ0n) is 3.68. The van der Waals surface area contributed by atoms with Crippen LogP contribution in [0, 0.1) is 5.41 Å². The van der Waals surface area contributed by atoms with Crippen LogP contribution in [0.3, 0.4) is 0 Å². The maximum Gasteiger partial charge on any atom is 0.230 e. The lowest BCUT2D eigenvalue weighted by atomic mass is 10.8. The molecule has 0 unspecified atom stereocenters. The van der Waals surface area contributed by atoms with E-state index in [1.54, 1.807) is 0 Å². The van der Waals surface area contributed by atoms with E-state index in [1.165, 1.54) is 0 Å². The van der Waals surface area contributed by atoms with Gasteiger partial charge in [-0.1, -0.05) is 0 Å². The fraction of sp³-hybridized carbons (Fsp3) is 0.333. The van der Waals surface area contributed by atoms with Gasteiger partial charge in [-0.25, -0.2) is 5.48 Å². The zero-order valence-corrected chi connectivity index (χ0v) is 3.68. The number of carbonyl (C=O) groups excluding carboxylic acids is 1. The van der Waals surface area contributed by atoms with Gasteiger partial charge in [-0.2, -0.15) is 0 Å². The van der Waals surface area contributed by atoms with E-state index in [1.807, 2.05) is 5.48 Å². The highest BCUT2D eigenvalue weighted by molar-refractivity contribution is 5.54. The fourth-order valence-corrected chi connectivity index (χ4v) is 0.124. The molecule has 0 heterocycles. The lowest BCUT2D eigenvalue weighted by Gasteiger charge is -1.89. The molecule has 0 saturated carbocycles. The number of amides is 1. The first-order chi connectivity index (χ1) is 3.41. The summed E-state index contributed by atoms with van der Waals surface area (Å²) in [5, 5.41) is 6.38. The number of nitrogens with one attached hydrogen (secondary N) is 2. The molecule has 0 aromatic carbocycles. The Morgan fingerprint density at radius 2 is 2.57 bits per heavy atom. The van der Waals surface area contributed by atoms with Gasteiger partial charge in [0.2, 0.25) is 6.41 Å². The summed E-state index contributed by atoms with van der Waals surface area (Å²) >= 11 is 0. The molecule has 0 aliphatic heterocycles.